The van der Waals surface area contributed by atoms with Gasteiger partial charge in [-0.25, -0.2) is 0 Å². The van der Waals surface area contributed by atoms with Crippen LogP contribution < -0.4 is 5.73 Å². The largest absolute Gasteiger partial charge is 0.393 e. The Bertz CT molecular complexity index is 625. The molecule has 5 heteroatoms. The fourth-order valence-electron chi connectivity index (χ4n) is 3.69. The number of nitrogens with zero attached hydrogens (tertiary/aromatic N) is 2. The maximum Gasteiger partial charge on any atom is 0.292 e. The first-order chi connectivity index (χ1) is 10.6. The smallest absolute Gasteiger partial charge is 0.292 e. The second kappa shape index (κ2) is 6.08. The fourth-order valence-corrected chi connectivity index (χ4v) is 3.69. The van der Waals surface area contributed by atoms with Gasteiger partial charge in [0.15, 0.2) is 0 Å². The lowest BCUT2D eigenvalue weighted by Gasteiger charge is -2.36. The molecule has 1 unspecified atom stereocenters. The van der Waals surface area contributed by atoms with Crippen LogP contribution in [-0.2, 0) is 6.54 Å². The van der Waals surface area contributed by atoms with E-state index in [-0.39, 0.29) is 5.69 Å². The van der Waals surface area contributed by atoms with Gasteiger partial charge < -0.3 is 5.73 Å². The van der Waals surface area contributed by atoms with Crippen molar-refractivity contribution in [1.82, 2.24) is 4.90 Å². The average molecular weight is 301 g/mol. The van der Waals surface area contributed by atoms with E-state index in [4.69, 9.17) is 5.73 Å². The first-order valence-electron chi connectivity index (χ1n) is 8.00. The molecule has 3 rings (SSSR count). The Labute approximate surface area is 130 Å². The molecule has 1 heterocycles. The van der Waals surface area contributed by atoms with Gasteiger partial charge in [0, 0.05) is 19.2 Å². The van der Waals surface area contributed by atoms with E-state index in [2.05, 4.69) is 11.0 Å². The molecule has 1 aromatic carbocycles. The van der Waals surface area contributed by atoms with Crippen molar-refractivity contribution < 1.29 is 4.92 Å². The van der Waals surface area contributed by atoms with E-state index in [1.165, 1.54) is 31.7 Å². The number of fused-ring (bicyclic) bond motifs is 1. The van der Waals surface area contributed by atoms with Crippen LogP contribution in [0.5, 0.6) is 0 Å². The summed E-state index contributed by atoms with van der Waals surface area (Å²) in [6.45, 7) is 4.70. The zero-order chi connectivity index (χ0) is 15.7. The summed E-state index contributed by atoms with van der Waals surface area (Å²) in [4.78, 5) is 13.0. The van der Waals surface area contributed by atoms with E-state index in [1.807, 2.05) is 6.92 Å². The molecule has 0 radical (unpaired) electrons. The summed E-state index contributed by atoms with van der Waals surface area (Å²) in [5.74, 6) is 0.758. The van der Waals surface area contributed by atoms with Gasteiger partial charge in [-0.2, -0.15) is 0 Å². The first-order valence-corrected chi connectivity index (χ1v) is 8.00. The molecular weight excluding hydrogens is 278 g/mol. The summed E-state index contributed by atoms with van der Waals surface area (Å²) >= 11 is 0. The summed E-state index contributed by atoms with van der Waals surface area (Å²) in [5.41, 5.74) is 9.89. The summed E-state index contributed by atoms with van der Waals surface area (Å²) in [6.07, 6.45) is 7.41. The van der Waals surface area contributed by atoms with Gasteiger partial charge in [-0.3, -0.25) is 15.0 Å². The molecule has 1 aromatic rings. The maximum atomic E-state index is 11.1. The number of rotatable bonds is 3. The summed E-state index contributed by atoms with van der Waals surface area (Å²) in [7, 11) is 0. The average Bonchev–Trinajstić information content (AvgIpc) is 2.51. The SMILES string of the molecule is Cc1ccc([N+](=O)[O-])c(N)c1CN1CCC2CCCC=C2C1. The van der Waals surface area contributed by atoms with Crippen molar-refractivity contribution in [2.24, 2.45) is 5.92 Å². The number of anilines is 1. The lowest BCUT2D eigenvalue weighted by Crippen LogP contribution is -2.36. The summed E-state index contributed by atoms with van der Waals surface area (Å²) in [6, 6.07) is 3.31. The van der Waals surface area contributed by atoms with Crippen LogP contribution in [0.15, 0.2) is 23.8 Å². The summed E-state index contributed by atoms with van der Waals surface area (Å²) < 4.78 is 0. The lowest BCUT2D eigenvalue weighted by atomic mass is 9.82. The van der Waals surface area contributed by atoms with E-state index < -0.39 is 4.92 Å². The van der Waals surface area contributed by atoms with Crippen molar-refractivity contribution in [3.8, 4) is 0 Å². The number of piperidine rings is 1. The Balaban J connectivity index is 1.80. The molecule has 0 spiro atoms. The van der Waals surface area contributed by atoms with E-state index in [0.29, 0.717) is 12.2 Å². The van der Waals surface area contributed by atoms with Gasteiger partial charge in [0.2, 0.25) is 0 Å². The molecule has 1 saturated heterocycles. The van der Waals surface area contributed by atoms with Gasteiger partial charge in [0.25, 0.3) is 5.69 Å². The Kier molecular flexibility index (Phi) is 4.16. The van der Waals surface area contributed by atoms with Crippen LogP contribution >= 0.6 is 0 Å². The molecule has 1 aliphatic carbocycles. The molecule has 22 heavy (non-hydrogen) atoms. The van der Waals surface area contributed by atoms with Crippen LogP contribution in [0.25, 0.3) is 0 Å². The molecule has 1 atom stereocenters. The number of nitro benzene ring substituents is 1. The van der Waals surface area contributed by atoms with Gasteiger partial charge >= 0.3 is 0 Å². The molecular formula is C17H23N3O2. The zero-order valence-electron chi connectivity index (χ0n) is 13.0. The highest BCUT2D eigenvalue weighted by molar-refractivity contribution is 5.65. The third-order valence-corrected chi connectivity index (χ3v) is 5.03. The Morgan fingerprint density at radius 3 is 3.00 bits per heavy atom. The molecule has 1 aliphatic heterocycles. The normalized spacial score (nSPS) is 22.0. The molecule has 0 bridgehead atoms. The van der Waals surface area contributed by atoms with Crippen LogP contribution in [0, 0.1) is 23.0 Å². The van der Waals surface area contributed by atoms with Crippen LogP contribution in [0.2, 0.25) is 0 Å². The minimum atomic E-state index is -0.395. The van der Waals surface area contributed by atoms with Gasteiger partial charge in [0.05, 0.1) is 4.92 Å². The van der Waals surface area contributed by atoms with Gasteiger partial charge in [-0.05, 0) is 56.2 Å². The van der Waals surface area contributed by atoms with Crippen molar-refractivity contribution in [2.45, 2.75) is 39.2 Å². The predicted molar refractivity (Wildman–Crippen MR) is 87.6 cm³/mol. The van der Waals surface area contributed by atoms with Crippen molar-refractivity contribution >= 4 is 11.4 Å². The van der Waals surface area contributed by atoms with Crippen LogP contribution in [0.1, 0.15) is 36.8 Å². The minimum absolute atomic E-state index is 0.0207. The summed E-state index contributed by atoms with van der Waals surface area (Å²) in [5, 5.41) is 11.1. The van der Waals surface area contributed by atoms with Crippen LogP contribution in [0.4, 0.5) is 11.4 Å². The Morgan fingerprint density at radius 1 is 1.41 bits per heavy atom. The number of benzene rings is 1. The molecule has 1 fully saturated rings. The topological polar surface area (TPSA) is 72.4 Å². The molecule has 0 aromatic heterocycles. The molecule has 2 aliphatic rings. The highest BCUT2D eigenvalue weighted by Crippen LogP contribution is 2.34. The van der Waals surface area contributed by atoms with Crippen molar-refractivity contribution in [1.29, 1.82) is 0 Å². The van der Waals surface area contributed by atoms with E-state index in [1.54, 1.807) is 11.6 Å². The quantitative estimate of drug-likeness (QED) is 0.402. The van der Waals surface area contributed by atoms with Gasteiger partial charge in [0.1, 0.15) is 5.69 Å². The lowest BCUT2D eigenvalue weighted by molar-refractivity contribution is -0.384. The monoisotopic (exact) mass is 301 g/mol. The second-order valence-corrected chi connectivity index (χ2v) is 6.46. The molecule has 118 valence electrons. The van der Waals surface area contributed by atoms with Gasteiger partial charge in [-0.1, -0.05) is 17.7 Å². The van der Waals surface area contributed by atoms with Crippen molar-refractivity contribution in [2.75, 3.05) is 18.8 Å². The number of aryl methyl sites for hydroxylation is 1. The van der Waals surface area contributed by atoms with E-state index in [9.17, 15) is 10.1 Å². The Morgan fingerprint density at radius 2 is 2.23 bits per heavy atom. The number of likely N-dealkylation sites (tertiary alicyclic amines) is 1. The number of allylic oxidation sites excluding steroid dienone is 1. The zero-order valence-corrected chi connectivity index (χ0v) is 13.0. The van der Waals surface area contributed by atoms with Crippen LogP contribution in [-0.4, -0.2) is 22.9 Å². The number of hydrogen-bond acceptors (Lipinski definition) is 4. The third kappa shape index (κ3) is 2.86. The number of nitro groups is 1. The number of hydrogen-bond donors (Lipinski definition) is 1. The van der Waals surface area contributed by atoms with Crippen molar-refractivity contribution in [3.63, 3.8) is 0 Å². The van der Waals surface area contributed by atoms with E-state index >= 15 is 0 Å². The highest BCUT2D eigenvalue weighted by Gasteiger charge is 2.26. The molecule has 2 N–H and O–H groups in total. The van der Waals surface area contributed by atoms with Crippen LogP contribution in [0.3, 0.4) is 0 Å². The number of nitrogens with two attached hydrogens (primary N) is 1. The molecule has 5 nitrogen and oxygen atoms in total. The molecule has 0 saturated carbocycles. The second-order valence-electron chi connectivity index (χ2n) is 6.46. The van der Waals surface area contributed by atoms with E-state index in [0.717, 1.165) is 30.1 Å². The third-order valence-electron chi connectivity index (χ3n) is 5.03. The highest BCUT2D eigenvalue weighted by atomic mass is 16.6. The fraction of sp³-hybridized carbons (Fsp3) is 0.529. The standard InChI is InChI=1S/C17H23N3O2/c1-12-6-7-16(20(21)22)17(18)15(12)11-19-9-8-13-4-2-3-5-14(13)10-19/h5-7,13H,2-4,8-11,18H2,1H3. The van der Waals surface area contributed by atoms with Gasteiger partial charge in [-0.15, -0.1) is 0 Å². The minimum Gasteiger partial charge on any atom is -0.393 e. The first kappa shape index (κ1) is 15.0. The molecule has 0 amide bonds. The number of nitrogen functional groups attached to an aromatic ring is 1. The maximum absolute atomic E-state index is 11.1. The predicted octanol–water partition coefficient (Wildman–Crippen LogP) is 3.42. The van der Waals surface area contributed by atoms with Crippen molar-refractivity contribution in [3.05, 3.63) is 45.0 Å². The Hall–Kier alpha value is -1.88.